The van der Waals surface area contributed by atoms with Crippen LogP contribution < -0.4 is 5.32 Å². The molecule has 20 heavy (non-hydrogen) atoms. The Morgan fingerprint density at radius 1 is 1.50 bits per heavy atom. The third-order valence-electron chi connectivity index (χ3n) is 2.78. The zero-order chi connectivity index (χ0) is 14.7. The summed E-state index contributed by atoms with van der Waals surface area (Å²) in [4.78, 5) is 27.9. The van der Waals surface area contributed by atoms with Crippen molar-refractivity contribution < 1.29 is 14.7 Å². The average Bonchev–Trinajstić information content (AvgIpc) is 3.03. The van der Waals surface area contributed by atoms with Crippen LogP contribution in [0.4, 0.5) is 0 Å². The first-order chi connectivity index (χ1) is 9.52. The van der Waals surface area contributed by atoms with E-state index in [0.29, 0.717) is 17.0 Å². The molecule has 0 aliphatic rings. The number of aryl methyl sites for hydroxylation is 1. The lowest BCUT2D eigenvalue weighted by molar-refractivity contribution is -0.139. The second-order valence-electron chi connectivity index (χ2n) is 4.22. The summed E-state index contributed by atoms with van der Waals surface area (Å²) in [5, 5.41) is 16.2. The topological polar surface area (TPSA) is 79.3 Å². The van der Waals surface area contributed by atoms with E-state index in [1.165, 1.54) is 11.3 Å². The van der Waals surface area contributed by atoms with Crippen molar-refractivity contribution in [2.45, 2.75) is 26.3 Å². The van der Waals surface area contributed by atoms with E-state index in [1.54, 1.807) is 25.2 Å². The molecule has 2 N–H and O–H groups in total. The summed E-state index contributed by atoms with van der Waals surface area (Å²) in [6.45, 7) is 3.47. The Labute approximate surface area is 124 Å². The standard InChI is InChI=1S/C13H14N2O3S2/c1-3-9(13(17)18)15-11(16)10-7(2)14-12(20-10)8-4-5-19-6-8/h4-6,9H,3H2,1-2H3,(H,15,16)(H,17,18)/t9-/m1/s1. The molecule has 1 amide bonds. The van der Waals surface area contributed by atoms with Gasteiger partial charge in [0.2, 0.25) is 0 Å². The molecule has 2 rings (SSSR count). The first-order valence-electron chi connectivity index (χ1n) is 6.06. The normalized spacial score (nSPS) is 12.1. The second kappa shape index (κ2) is 6.15. The van der Waals surface area contributed by atoms with Gasteiger partial charge in [0.25, 0.3) is 5.91 Å². The maximum Gasteiger partial charge on any atom is 0.326 e. The zero-order valence-corrected chi connectivity index (χ0v) is 12.7. The van der Waals surface area contributed by atoms with E-state index in [9.17, 15) is 9.59 Å². The number of rotatable bonds is 5. The summed E-state index contributed by atoms with van der Waals surface area (Å²) in [5.74, 6) is -1.41. The van der Waals surface area contributed by atoms with E-state index in [0.717, 1.165) is 10.6 Å². The Kier molecular flexibility index (Phi) is 4.51. The van der Waals surface area contributed by atoms with Gasteiger partial charge in [-0.25, -0.2) is 9.78 Å². The molecule has 2 heterocycles. The van der Waals surface area contributed by atoms with Crippen molar-refractivity contribution in [1.29, 1.82) is 0 Å². The Morgan fingerprint density at radius 2 is 2.25 bits per heavy atom. The van der Waals surface area contributed by atoms with Gasteiger partial charge in [-0.3, -0.25) is 4.79 Å². The molecule has 0 unspecified atom stereocenters. The van der Waals surface area contributed by atoms with Crippen LogP contribution in [0.3, 0.4) is 0 Å². The van der Waals surface area contributed by atoms with Crippen molar-refractivity contribution in [3.63, 3.8) is 0 Å². The van der Waals surface area contributed by atoms with Crippen LogP contribution in [0.5, 0.6) is 0 Å². The first kappa shape index (κ1) is 14.7. The fraction of sp³-hybridized carbons (Fsp3) is 0.308. The summed E-state index contributed by atoms with van der Waals surface area (Å²) in [5.41, 5.74) is 1.60. The number of aliphatic carboxylic acids is 1. The molecule has 0 bridgehead atoms. The molecular formula is C13H14N2O3S2. The highest BCUT2D eigenvalue weighted by Gasteiger charge is 2.22. The molecule has 0 aliphatic heterocycles. The molecule has 0 aromatic carbocycles. The molecule has 106 valence electrons. The van der Waals surface area contributed by atoms with Crippen molar-refractivity contribution in [1.82, 2.24) is 10.3 Å². The first-order valence-corrected chi connectivity index (χ1v) is 7.82. The lowest BCUT2D eigenvalue weighted by Crippen LogP contribution is -2.40. The van der Waals surface area contributed by atoms with Gasteiger partial charge in [0.1, 0.15) is 15.9 Å². The molecule has 2 aromatic rings. The van der Waals surface area contributed by atoms with Crippen molar-refractivity contribution in [2.24, 2.45) is 0 Å². The molecule has 7 heteroatoms. The van der Waals surface area contributed by atoms with E-state index in [4.69, 9.17) is 5.11 Å². The molecule has 0 saturated carbocycles. The van der Waals surface area contributed by atoms with Crippen molar-refractivity contribution in [3.8, 4) is 10.6 Å². The predicted octanol–water partition coefficient (Wildman–Crippen LogP) is 2.77. The number of carboxylic acids is 1. The van der Waals surface area contributed by atoms with Gasteiger partial charge < -0.3 is 10.4 Å². The Morgan fingerprint density at radius 3 is 2.80 bits per heavy atom. The predicted molar refractivity (Wildman–Crippen MR) is 79.3 cm³/mol. The van der Waals surface area contributed by atoms with Gasteiger partial charge in [-0.05, 0) is 24.8 Å². The van der Waals surface area contributed by atoms with E-state index in [-0.39, 0.29) is 5.91 Å². The number of thiophene rings is 1. The minimum absolute atomic E-state index is 0.344. The summed E-state index contributed by atoms with van der Waals surface area (Å²) < 4.78 is 0. The van der Waals surface area contributed by atoms with E-state index >= 15 is 0 Å². The largest absolute Gasteiger partial charge is 0.480 e. The van der Waals surface area contributed by atoms with Crippen LogP contribution in [0.1, 0.15) is 28.7 Å². The minimum atomic E-state index is -1.03. The van der Waals surface area contributed by atoms with Gasteiger partial charge >= 0.3 is 5.97 Å². The van der Waals surface area contributed by atoms with Crippen LogP contribution in [0.15, 0.2) is 16.8 Å². The maximum atomic E-state index is 12.1. The zero-order valence-electron chi connectivity index (χ0n) is 11.0. The van der Waals surface area contributed by atoms with Crippen molar-refractivity contribution in [2.75, 3.05) is 0 Å². The van der Waals surface area contributed by atoms with Crippen LogP contribution >= 0.6 is 22.7 Å². The number of carboxylic acid groups (broad SMARTS) is 1. The third-order valence-corrected chi connectivity index (χ3v) is 4.67. The van der Waals surface area contributed by atoms with Crippen LogP contribution in [-0.2, 0) is 4.79 Å². The van der Waals surface area contributed by atoms with Crippen molar-refractivity contribution in [3.05, 3.63) is 27.4 Å². The Hall–Kier alpha value is -1.73. The van der Waals surface area contributed by atoms with Gasteiger partial charge in [0.15, 0.2) is 0 Å². The lowest BCUT2D eigenvalue weighted by Gasteiger charge is -2.11. The lowest BCUT2D eigenvalue weighted by atomic mass is 10.2. The number of hydrogen-bond donors (Lipinski definition) is 2. The van der Waals surface area contributed by atoms with Crippen LogP contribution in [0, 0.1) is 6.92 Å². The quantitative estimate of drug-likeness (QED) is 0.890. The monoisotopic (exact) mass is 310 g/mol. The molecule has 5 nitrogen and oxygen atoms in total. The number of carbonyl (C=O) groups excluding carboxylic acids is 1. The summed E-state index contributed by atoms with van der Waals surface area (Å²) in [6.07, 6.45) is 0.344. The maximum absolute atomic E-state index is 12.1. The van der Waals surface area contributed by atoms with Gasteiger partial charge in [-0.15, -0.1) is 11.3 Å². The number of carbonyl (C=O) groups is 2. The van der Waals surface area contributed by atoms with Gasteiger partial charge in [0.05, 0.1) is 5.69 Å². The Balaban J connectivity index is 2.21. The highest BCUT2D eigenvalue weighted by atomic mass is 32.1. The van der Waals surface area contributed by atoms with E-state index < -0.39 is 12.0 Å². The average molecular weight is 310 g/mol. The number of nitrogens with zero attached hydrogens (tertiary/aromatic N) is 1. The number of hydrogen-bond acceptors (Lipinski definition) is 5. The molecule has 0 saturated heterocycles. The van der Waals surface area contributed by atoms with Crippen LogP contribution in [-0.4, -0.2) is 28.0 Å². The van der Waals surface area contributed by atoms with Crippen LogP contribution in [0.25, 0.3) is 10.6 Å². The number of nitrogens with one attached hydrogen (secondary N) is 1. The third kappa shape index (κ3) is 3.05. The fourth-order valence-electron chi connectivity index (χ4n) is 1.68. The second-order valence-corrected chi connectivity index (χ2v) is 6.00. The van der Waals surface area contributed by atoms with E-state index in [2.05, 4.69) is 10.3 Å². The Bertz CT molecular complexity index is 620. The SMILES string of the molecule is CC[C@@H](NC(=O)c1sc(-c2ccsc2)nc1C)C(=O)O. The molecular weight excluding hydrogens is 296 g/mol. The molecule has 1 atom stereocenters. The molecule has 0 radical (unpaired) electrons. The summed E-state index contributed by atoms with van der Waals surface area (Å²) in [6, 6.07) is 1.07. The van der Waals surface area contributed by atoms with E-state index in [1.807, 2.05) is 16.8 Å². The highest BCUT2D eigenvalue weighted by Crippen LogP contribution is 2.29. The number of aromatic nitrogens is 1. The molecule has 2 aromatic heterocycles. The molecule has 0 fully saturated rings. The van der Waals surface area contributed by atoms with Gasteiger partial charge in [0, 0.05) is 10.9 Å². The van der Waals surface area contributed by atoms with Crippen LogP contribution in [0.2, 0.25) is 0 Å². The number of thiazole rings is 1. The van der Waals surface area contributed by atoms with Gasteiger partial charge in [-0.2, -0.15) is 11.3 Å². The van der Waals surface area contributed by atoms with Gasteiger partial charge in [-0.1, -0.05) is 6.92 Å². The van der Waals surface area contributed by atoms with Crippen molar-refractivity contribution >= 4 is 34.6 Å². The highest BCUT2D eigenvalue weighted by molar-refractivity contribution is 7.17. The number of amides is 1. The molecule has 0 spiro atoms. The smallest absolute Gasteiger partial charge is 0.326 e. The summed E-state index contributed by atoms with van der Waals surface area (Å²) in [7, 11) is 0. The minimum Gasteiger partial charge on any atom is -0.480 e. The summed E-state index contributed by atoms with van der Waals surface area (Å²) >= 11 is 2.84. The molecule has 0 aliphatic carbocycles. The fourth-order valence-corrected chi connectivity index (χ4v) is 3.36.